The first-order valence-corrected chi connectivity index (χ1v) is 5.76. The van der Waals surface area contributed by atoms with Gasteiger partial charge in [0.05, 0.1) is 5.69 Å². The summed E-state index contributed by atoms with van der Waals surface area (Å²) < 4.78 is 3.16. The zero-order valence-corrected chi connectivity index (χ0v) is 11.0. The predicted molar refractivity (Wildman–Crippen MR) is 66.7 cm³/mol. The quantitative estimate of drug-likeness (QED) is 0.498. The molecule has 1 aromatic carbocycles. The fourth-order valence-electron chi connectivity index (χ4n) is 1.42. The Hall–Kier alpha value is -1.26. The molecule has 8 heteroatoms. The SMILES string of the molecule is Cn1nnn(-c2cccc(I)c2COO)c1=O. The van der Waals surface area contributed by atoms with Crippen LogP contribution in [0, 0.1) is 3.57 Å². The molecule has 0 saturated carbocycles. The van der Waals surface area contributed by atoms with Crippen molar-refractivity contribution in [3.05, 3.63) is 37.8 Å². The van der Waals surface area contributed by atoms with Crippen LogP contribution in [0.15, 0.2) is 23.0 Å². The van der Waals surface area contributed by atoms with Crippen molar-refractivity contribution in [1.29, 1.82) is 0 Å². The van der Waals surface area contributed by atoms with Gasteiger partial charge in [-0.3, -0.25) is 5.26 Å². The Labute approximate surface area is 110 Å². The largest absolute Gasteiger partial charge is 0.368 e. The lowest BCUT2D eigenvalue weighted by Crippen LogP contribution is -2.23. The summed E-state index contributed by atoms with van der Waals surface area (Å²) in [5.74, 6) is 0. The lowest BCUT2D eigenvalue weighted by atomic mass is 10.2. The first-order valence-electron chi connectivity index (χ1n) is 4.68. The summed E-state index contributed by atoms with van der Waals surface area (Å²) in [6.07, 6.45) is 0. The van der Waals surface area contributed by atoms with Crippen molar-refractivity contribution < 1.29 is 10.1 Å². The normalized spacial score (nSPS) is 10.8. The molecule has 0 aliphatic rings. The third-order valence-electron chi connectivity index (χ3n) is 2.25. The summed E-state index contributed by atoms with van der Waals surface area (Å²) in [7, 11) is 1.52. The second kappa shape index (κ2) is 4.94. The highest BCUT2D eigenvalue weighted by molar-refractivity contribution is 14.1. The van der Waals surface area contributed by atoms with Gasteiger partial charge in [0, 0.05) is 16.2 Å². The van der Waals surface area contributed by atoms with E-state index in [-0.39, 0.29) is 12.3 Å². The molecular weight excluding hydrogens is 339 g/mol. The Morgan fingerprint density at radius 3 is 2.82 bits per heavy atom. The number of aromatic nitrogens is 4. The van der Waals surface area contributed by atoms with E-state index in [1.165, 1.54) is 7.05 Å². The van der Waals surface area contributed by atoms with Crippen molar-refractivity contribution in [3.8, 4) is 5.69 Å². The molecule has 0 amide bonds. The maximum Gasteiger partial charge on any atom is 0.368 e. The van der Waals surface area contributed by atoms with Gasteiger partial charge in [-0.15, -0.1) is 0 Å². The van der Waals surface area contributed by atoms with E-state index in [9.17, 15) is 4.79 Å². The van der Waals surface area contributed by atoms with Gasteiger partial charge in [0.1, 0.15) is 6.61 Å². The molecular formula is C9H9IN4O3. The van der Waals surface area contributed by atoms with E-state index in [1.54, 1.807) is 12.1 Å². The number of hydrogen-bond donors (Lipinski definition) is 1. The van der Waals surface area contributed by atoms with Crippen LogP contribution in [-0.4, -0.2) is 25.0 Å². The molecule has 1 N–H and O–H groups in total. The molecule has 2 rings (SSSR count). The lowest BCUT2D eigenvalue weighted by molar-refractivity contribution is -0.253. The highest BCUT2D eigenvalue weighted by Crippen LogP contribution is 2.19. The average molecular weight is 348 g/mol. The summed E-state index contributed by atoms with van der Waals surface area (Å²) >= 11 is 2.09. The molecule has 0 aliphatic heterocycles. The lowest BCUT2D eigenvalue weighted by Gasteiger charge is -2.08. The van der Waals surface area contributed by atoms with Gasteiger partial charge < -0.3 is 0 Å². The van der Waals surface area contributed by atoms with Crippen LogP contribution >= 0.6 is 22.6 Å². The first kappa shape index (κ1) is 12.2. The standard InChI is InChI=1S/C9H9IN4O3/c1-13-9(15)14(12-11-13)8-4-2-3-7(10)6(8)5-17-16/h2-4,16H,5H2,1H3. The highest BCUT2D eigenvalue weighted by Gasteiger charge is 2.13. The zero-order valence-electron chi connectivity index (χ0n) is 8.87. The van der Waals surface area contributed by atoms with E-state index in [1.807, 2.05) is 6.07 Å². The second-order valence-electron chi connectivity index (χ2n) is 3.31. The molecule has 0 aliphatic carbocycles. The molecule has 0 unspecified atom stereocenters. The Balaban J connectivity index is 2.63. The summed E-state index contributed by atoms with van der Waals surface area (Å²) in [5.41, 5.74) is 0.869. The Kier molecular flexibility index (Phi) is 3.54. The molecule has 0 bridgehead atoms. The fraction of sp³-hybridized carbons (Fsp3) is 0.222. The van der Waals surface area contributed by atoms with E-state index >= 15 is 0 Å². The third-order valence-corrected chi connectivity index (χ3v) is 3.26. The van der Waals surface area contributed by atoms with Crippen LogP contribution in [0.1, 0.15) is 5.56 Å². The molecule has 7 nitrogen and oxygen atoms in total. The smallest absolute Gasteiger partial charge is 0.251 e. The van der Waals surface area contributed by atoms with Gasteiger partial charge in [0.15, 0.2) is 0 Å². The molecule has 17 heavy (non-hydrogen) atoms. The van der Waals surface area contributed by atoms with Crippen molar-refractivity contribution in [2.45, 2.75) is 6.61 Å². The maximum atomic E-state index is 11.7. The van der Waals surface area contributed by atoms with Crippen LogP contribution in [0.3, 0.4) is 0 Å². The van der Waals surface area contributed by atoms with Gasteiger partial charge in [0.2, 0.25) is 0 Å². The van der Waals surface area contributed by atoms with Gasteiger partial charge in [-0.2, -0.15) is 9.36 Å². The van der Waals surface area contributed by atoms with Crippen LogP contribution in [-0.2, 0) is 18.5 Å². The monoisotopic (exact) mass is 348 g/mol. The maximum absolute atomic E-state index is 11.7. The Morgan fingerprint density at radius 1 is 1.47 bits per heavy atom. The van der Waals surface area contributed by atoms with Gasteiger partial charge >= 0.3 is 5.69 Å². The molecule has 0 spiro atoms. The van der Waals surface area contributed by atoms with Crippen LogP contribution in [0.25, 0.3) is 5.69 Å². The van der Waals surface area contributed by atoms with Crippen LogP contribution in [0.4, 0.5) is 0 Å². The van der Waals surface area contributed by atoms with E-state index < -0.39 is 0 Å². The van der Waals surface area contributed by atoms with Crippen LogP contribution < -0.4 is 5.69 Å². The number of tetrazole rings is 1. The van der Waals surface area contributed by atoms with Crippen molar-refractivity contribution in [2.24, 2.45) is 7.05 Å². The van der Waals surface area contributed by atoms with Gasteiger partial charge in [0.25, 0.3) is 0 Å². The molecule has 0 fully saturated rings. The van der Waals surface area contributed by atoms with Gasteiger partial charge in [-0.1, -0.05) is 6.07 Å². The summed E-state index contributed by atoms with van der Waals surface area (Å²) in [6.45, 7) is -0.0164. The molecule has 0 radical (unpaired) electrons. The number of halogens is 1. The number of hydrogen-bond acceptors (Lipinski definition) is 5. The summed E-state index contributed by atoms with van der Waals surface area (Å²) in [4.78, 5) is 15.9. The topological polar surface area (TPSA) is 82.2 Å². The number of benzene rings is 1. The highest BCUT2D eigenvalue weighted by atomic mass is 127. The summed E-state index contributed by atoms with van der Waals surface area (Å²) in [5, 5.41) is 15.9. The first-order chi connectivity index (χ1) is 8.15. The minimum absolute atomic E-state index is 0.0164. The predicted octanol–water partition coefficient (Wildman–Crippen LogP) is 0.560. The van der Waals surface area contributed by atoms with Gasteiger partial charge in [-0.25, -0.2) is 9.68 Å². The number of rotatable bonds is 3. The number of nitrogens with zero attached hydrogens (tertiary/aromatic N) is 4. The Bertz CT molecular complexity index is 592. The van der Waals surface area contributed by atoms with Gasteiger partial charge in [-0.05, 0) is 45.2 Å². The van der Waals surface area contributed by atoms with Crippen molar-refractivity contribution in [2.75, 3.05) is 0 Å². The minimum Gasteiger partial charge on any atom is -0.251 e. The number of aryl methyl sites for hydroxylation is 1. The molecule has 0 saturated heterocycles. The average Bonchev–Trinajstić information content (AvgIpc) is 2.63. The second-order valence-corrected chi connectivity index (χ2v) is 4.47. The van der Waals surface area contributed by atoms with Crippen LogP contribution in [0.5, 0.6) is 0 Å². The third kappa shape index (κ3) is 2.23. The zero-order chi connectivity index (χ0) is 12.4. The molecule has 2 aromatic rings. The molecule has 1 aromatic heterocycles. The van der Waals surface area contributed by atoms with E-state index in [0.717, 1.165) is 12.9 Å². The van der Waals surface area contributed by atoms with Crippen molar-refractivity contribution >= 4 is 22.6 Å². The van der Waals surface area contributed by atoms with Crippen molar-refractivity contribution in [3.63, 3.8) is 0 Å². The molecule has 1 heterocycles. The molecule has 90 valence electrons. The fourth-order valence-corrected chi connectivity index (χ4v) is 2.06. The summed E-state index contributed by atoms with van der Waals surface area (Å²) in [6, 6.07) is 5.35. The van der Waals surface area contributed by atoms with E-state index in [2.05, 4.69) is 37.9 Å². The van der Waals surface area contributed by atoms with E-state index in [0.29, 0.717) is 11.3 Å². The van der Waals surface area contributed by atoms with Crippen LogP contribution in [0.2, 0.25) is 0 Å². The minimum atomic E-state index is -0.355. The van der Waals surface area contributed by atoms with Crippen molar-refractivity contribution in [1.82, 2.24) is 19.8 Å². The van der Waals surface area contributed by atoms with E-state index in [4.69, 9.17) is 5.26 Å². The Morgan fingerprint density at radius 2 is 2.24 bits per heavy atom. The molecule has 0 atom stereocenters.